The molecule has 0 aliphatic heterocycles. The smallest absolute Gasteiger partial charge is 0.118 e. The van der Waals surface area contributed by atoms with E-state index in [1.165, 1.54) is 75.3 Å². The van der Waals surface area contributed by atoms with Crippen molar-refractivity contribution in [1.82, 2.24) is 0 Å². The average Bonchev–Trinajstić information content (AvgIpc) is 2.70. The van der Waals surface area contributed by atoms with Crippen LogP contribution in [-0.4, -0.2) is 14.2 Å². The van der Waals surface area contributed by atoms with Crippen LogP contribution in [0.3, 0.4) is 0 Å². The molecule has 0 saturated carbocycles. The Bertz CT molecular complexity index is 531. The first-order chi connectivity index (χ1) is 12.8. The summed E-state index contributed by atoms with van der Waals surface area (Å²) in [5.74, 6) is 1.89. The molecule has 142 valence electrons. The number of unbranched alkanes of at least 4 members (excludes halogenated alkanes) is 7. The number of aryl methyl sites for hydroxylation is 2. The molecule has 0 saturated heterocycles. The molecule has 0 spiro atoms. The lowest BCUT2D eigenvalue weighted by atomic mass is 10.0. The maximum absolute atomic E-state index is 5.20. The molecule has 0 atom stereocenters. The lowest BCUT2D eigenvalue weighted by Crippen LogP contribution is -1.89. The highest BCUT2D eigenvalue weighted by Gasteiger charge is 1.97. The van der Waals surface area contributed by atoms with Crippen LogP contribution in [0.15, 0.2) is 48.5 Å². The second-order valence-electron chi connectivity index (χ2n) is 7.02. The SMILES string of the molecule is COc1ccc(CCCCCCCCCCc2ccc(OC)cc2)cc1. The highest BCUT2D eigenvalue weighted by Crippen LogP contribution is 2.16. The molecule has 0 aliphatic carbocycles. The van der Waals surface area contributed by atoms with E-state index in [1.54, 1.807) is 14.2 Å². The summed E-state index contributed by atoms with van der Waals surface area (Å²) in [4.78, 5) is 0. The van der Waals surface area contributed by atoms with Crippen molar-refractivity contribution in [2.45, 2.75) is 64.2 Å². The minimum absolute atomic E-state index is 0.945. The second-order valence-corrected chi connectivity index (χ2v) is 7.02. The molecule has 0 fully saturated rings. The molecule has 0 amide bonds. The molecular weight excluding hydrogens is 320 g/mol. The van der Waals surface area contributed by atoms with Crippen LogP contribution in [0, 0.1) is 0 Å². The molecule has 0 unspecified atom stereocenters. The summed E-state index contributed by atoms with van der Waals surface area (Å²) in [6, 6.07) is 17.0. The molecule has 2 aromatic rings. The molecule has 2 aromatic carbocycles. The molecule has 0 heterocycles. The quantitative estimate of drug-likeness (QED) is 0.377. The van der Waals surface area contributed by atoms with Crippen LogP contribution < -0.4 is 9.47 Å². The van der Waals surface area contributed by atoms with E-state index >= 15 is 0 Å². The van der Waals surface area contributed by atoms with Gasteiger partial charge in [-0.2, -0.15) is 0 Å². The first kappa shape index (κ1) is 20.4. The number of ether oxygens (including phenoxy) is 2. The van der Waals surface area contributed by atoms with Gasteiger partial charge >= 0.3 is 0 Å². The van der Waals surface area contributed by atoms with Crippen LogP contribution >= 0.6 is 0 Å². The standard InChI is InChI=1S/C24H34O2/c1-25-23-17-13-21(14-18-23)11-9-7-5-3-4-6-8-10-12-22-15-19-24(26-2)20-16-22/h13-20H,3-12H2,1-2H3. The number of rotatable bonds is 13. The van der Waals surface area contributed by atoms with E-state index in [1.807, 2.05) is 0 Å². The summed E-state index contributed by atoms with van der Waals surface area (Å²) < 4.78 is 10.4. The molecule has 26 heavy (non-hydrogen) atoms. The Labute approximate surface area is 159 Å². The van der Waals surface area contributed by atoms with Gasteiger partial charge in [0.05, 0.1) is 14.2 Å². The summed E-state index contributed by atoms with van der Waals surface area (Å²) >= 11 is 0. The Morgan fingerprint density at radius 1 is 0.462 bits per heavy atom. The Hall–Kier alpha value is -1.96. The van der Waals surface area contributed by atoms with Crippen LogP contribution in [0.5, 0.6) is 11.5 Å². The zero-order chi connectivity index (χ0) is 18.5. The normalized spacial score (nSPS) is 10.7. The summed E-state index contributed by atoms with van der Waals surface area (Å²) in [5.41, 5.74) is 2.84. The van der Waals surface area contributed by atoms with Gasteiger partial charge in [-0.05, 0) is 61.1 Å². The highest BCUT2D eigenvalue weighted by molar-refractivity contribution is 5.27. The first-order valence-electron chi connectivity index (χ1n) is 10.1. The van der Waals surface area contributed by atoms with Gasteiger partial charge in [0.15, 0.2) is 0 Å². The third kappa shape index (κ3) is 7.95. The predicted octanol–water partition coefficient (Wildman–Crippen LogP) is 6.61. The van der Waals surface area contributed by atoms with Gasteiger partial charge in [0.1, 0.15) is 11.5 Å². The van der Waals surface area contributed by atoms with E-state index in [9.17, 15) is 0 Å². The molecule has 0 aliphatic rings. The van der Waals surface area contributed by atoms with Gasteiger partial charge in [-0.15, -0.1) is 0 Å². The van der Waals surface area contributed by atoms with Crippen molar-refractivity contribution in [1.29, 1.82) is 0 Å². The van der Waals surface area contributed by atoms with Crippen molar-refractivity contribution >= 4 is 0 Å². The van der Waals surface area contributed by atoms with Gasteiger partial charge in [-0.25, -0.2) is 0 Å². The summed E-state index contributed by atoms with van der Waals surface area (Å²) in [7, 11) is 3.43. The largest absolute Gasteiger partial charge is 0.497 e. The van der Waals surface area contributed by atoms with Crippen molar-refractivity contribution in [3.8, 4) is 11.5 Å². The fourth-order valence-electron chi connectivity index (χ4n) is 3.30. The Morgan fingerprint density at radius 3 is 1.08 bits per heavy atom. The van der Waals surface area contributed by atoms with Gasteiger partial charge in [0.2, 0.25) is 0 Å². The predicted molar refractivity (Wildman–Crippen MR) is 110 cm³/mol. The van der Waals surface area contributed by atoms with Crippen molar-refractivity contribution in [3.63, 3.8) is 0 Å². The van der Waals surface area contributed by atoms with E-state index in [4.69, 9.17) is 9.47 Å². The van der Waals surface area contributed by atoms with E-state index in [2.05, 4.69) is 48.5 Å². The molecule has 0 bridgehead atoms. The molecule has 2 nitrogen and oxygen atoms in total. The zero-order valence-electron chi connectivity index (χ0n) is 16.5. The van der Waals surface area contributed by atoms with E-state index in [0.717, 1.165) is 11.5 Å². The molecular formula is C24H34O2. The minimum Gasteiger partial charge on any atom is -0.497 e. The Morgan fingerprint density at radius 2 is 0.769 bits per heavy atom. The summed E-state index contributed by atoms with van der Waals surface area (Å²) in [6.45, 7) is 0. The molecule has 2 rings (SSSR count). The number of hydrogen-bond donors (Lipinski definition) is 0. The van der Waals surface area contributed by atoms with Crippen LogP contribution in [0.25, 0.3) is 0 Å². The average molecular weight is 355 g/mol. The van der Waals surface area contributed by atoms with Crippen molar-refractivity contribution in [2.75, 3.05) is 14.2 Å². The highest BCUT2D eigenvalue weighted by atomic mass is 16.5. The first-order valence-corrected chi connectivity index (χ1v) is 10.1. The van der Waals surface area contributed by atoms with Gasteiger partial charge in [0.25, 0.3) is 0 Å². The van der Waals surface area contributed by atoms with Crippen molar-refractivity contribution in [3.05, 3.63) is 59.7 Å². The molecule has 0 radical (unpaired) electrons. The molecule has 0 N–H and O–H groups in total. The number of benzene rings is 2. The van der Waals surface area contributed by atoms with Gasteiger partial charge in [-0.1, -0.05) is 62.8 Å². The van der Waals surface area contributed by atoms with Gasteiger partial charge < -0.3 is 9.47 Å². The Balaban J connectivity index is 1.41. The second kappa shape index (κ2) is 12.4. The third-order valence-electron chi connectivity index (χ3n) is 5.00. The van der Waals surface area contributed by atoms with Gasteiger partial charge in [0, 0.05) is 0 Å². The van der Waals surface area contributed by atoms with Crippen LogP contribution in [0.4, 0.5) is 0 Å². The molecule has 2 heteroatoms. The van der Waals surface area contributed by atoms with Crippen LogP contribution in [-0.2, 0) is 12.8 Å². The van der Waals surface area contributed by atoms with Crippen molar-refractivity contribution < 1.29 is 9.47 Å². The lowest BCUT2D eigenvalue weighted by molar-refractivity contribution is 0.414. The summed E-state index contributed by atoms with van der Waals surface area (Å²) in [6.07, 6.45) is 13.2. The van der Waals surface area contributed by atoms with E-state index < -0.39 is 0 Å². The monoisotopic (exact) mass is 354 g/mol. The third-order valence-corrected chi connectivity index (χ3v) is 5.00. The lowest BCUT2D eigenvalue weighted by Gasteiger charge is -2.05. The number of hydrogen-bond acceptors (Lipinski definition) is 2. The van der Waals surface area contributed by atoms with Gasteiger partial charge in [-0.3, -0.25) is 0 Å². The van der Waals surface area contributed by atoms with E-state index in [-0.39, 0.29) is 0 Å². The molecule has 0 aromatic heterocycles. The number of methoxy groups -OCH3 is 2. The zero-order valence-corrected chi connectivity index (χ0v) is 16.5. The van der Waals surface area contributed by atoms with E-state index in [0.29, 0.717) is 0 Å². The fourth-order valence-corrected chi connectivity index (χ4v) is 3.30. The minimum atomic E-state index is 0.945. The fraction of sp³-hybridized carbons (Fsp3) is 0.500. The van der Waals surface area contributed by atoms with Crippen LogP contribution in [0.2, 0.25) is 0 Å². The Kier molecular flexibility index (Phi) is 9.71. The summed E-state index contributed by atoms with van der Waals surface area (Å²) in [5, 5.41) is 0. The van der Waals surface area contributed by atoms with Crippen molar-refractivity contribution in [2.24, 2.45) is 0 Å². The maximum Gasteiger partial charge on any atom is 0.118 e. The maximum atomic E-state index is 5.20. The topological polar surface area (TPSA) is 18.5 Å². The van der Waals surface area contributed by atoms with Crippen LogP contribution in [0.1, 0.15) is 62.5 Å².